The Balaban J connectivity index is 1.53. The maximum atomic E-state index is 12.7. The Morgan fingerprint density at radius 2 is 2.12 bits per heavy atom. The van der Waals surface area contributed by atoms with Crippen LogP contribution in [0.3, 0.4) is 0 Å². The number of hydrogen-bond acceptors (Lipinski definition) is 2. The largest absolute Gasteiger partial charge is 0.349 e. The van der Waals surface area contributed by atoms with Gasteiger partial charge >= 0.3 is 0 Å². The molecule has 140 valence electrons. The molecule has 1 saturated carbocycles. The first-order valence-corrected chi connectivity index (χ1v) is 10.3. The molecule has 0 bridgehead atoms. The zero-order chi connectivity index (χ0) is 18.3. The molecule has 1 aliphatic carbocycles. The van der Waals surface area contributed by atoms with Crippen molar-refractivity contribution in [2.45, 2.75) is 63.5 Å². The van der Waals surface area contributed by atoms with Crippen LogP contribution in [-0.2, 0) is 4.79 Å². The molecule has 3 fully saturated rings. The van der Waals surface area contributed by atoms with E-state index in [4.69, 9.17) is 11.6 Å². The summed E-state index contributed by atoms with van der Waals surface area (Å²) in [6, 6.07) is 7.27. The van der Waals surface area contributed by atoms with Crippen molar-refractivity contribution in [1.29, 1.82) is 0 Å². The summed E-state index contributed by atoms with van der Waals surface area (Å²) >= 11 is 6.03. The van der Waals surface area contributed by atoms with Gasteiger partial charge in [-0.2, -0.15) is 0 Å². The van der Waals surface area contributed by atoms with E-state index in [1.165, 1.54) is 0 Å². The number of carbonyl (C=O) groups excluding carboxylic acids is 2. The highest BCUT2D eigenvalue weighted by molar-refractivity contribution is 6.30. The average molecular weight is 375 g/mol. The van der Waals surface area contributed by atoms with E-state index in [1.54, 1.807) is 18.2 Å². The average Bonchev–Trinajstić information content (AvgIpc) is 2.99. The Labute approximate surface area is 160 Å². The van der Waals surface area contributed by atoms with E-state index < -0.39 is 0 Å². The first-order valence-electron chi connectivity index (χ1n) is 9.88. The molecule has 2 aliphatic heterocycles. The van der Waals surface area contributed by atoms with Crippen LogP contribution in [0, 0.1) is 11.8 Å². The normalized spacial score (nSPS) is 34.0. The van der Waals surface area contributed by atoms with Crippen molar-refractivity contribution in [2.24, 2.45) is 11.8 Å². The number of nitrogens with zero attached hydrogens (tertiary/aromatic N) is 1. The Morgan fingerprint density at radius 3 is 2.92 bits per heavy atom. The second kappa shape index (κ2) is 6.88. The molecule has 4 atom stereocenters. The monoisotopic (exact) mass is 374 g/mol. The third kappa shape index (κ3) is 2.92. The van der Waals surface area contributed by atoms with Gasteiger partial charge in [0.1, 0.15) is 0 Å². The summed E-state index contributed by atoms with van der Waals surface area (Å²) in [5.74, 6) is 1.15. The highest BCUT2D eigenvalue weighted by atomic mass is 35.5. The lowest BCUT2D eigenvalue weighted by atomic mass is 9.63. The van der Waals surface area contributed by atoms with Crippen molar-refractivity contribution in [3.8, 4) is 0 Å². The van der Waals surface area contributed by atoms with Crippen LogP contribution in [0.15, 0.2) is 24.3 Å². The molecule has 1 aromatic rings. The number of amides is 2. The molecule has 2 heterocycles. The molecule has 26 heavy (non-hydrogen) atoms. The molecule has 4 nitrogen and oxygen atoms in total. The van der Waals surface area contributed by atoms with E-state index in [2.05, 4.69) is 17.1 Å². The van der Waals surface area contributed by atoms with Crippen molar-refractivity contribution < 1.29 is 9.59 Å². The lowest BCUT2D eigenvalue weighted by Crippen LogP contribution is -2.59. The van der Waals surface area contributed by atoms with Crippen molar-refractivity contribution >= 4 is 23.4 Å². The van der Waals surface area contributed by atoms with Crippen LogP contribution in [0.2, 0.25) is 5.02 Å². The van der Waals surface area contributed by atoms with E-state index in [0.717, 1.165) is 45.1 Å². The molecule has 1 aromatic carbocycles. The van der Waals surface area contributed by atoms with E-state index in [1.807, 2.05) is 6.07 Å². The summed E-state index contributed by atoms with van der Waals surface area (Å²) in [6.07, 6.45) is 6.94. The molecule has 0 radical (unpaired) electrons. The molecular formula is C21H27ClN2O2. The number of halogens is 1. The fourth-order valence-corrected chi connectivity index (χ4v) is 5.96. The Hall–Kier alpha value is -1.55. The van der Waals surface area contributed by atoms with E-state index in [0.29, 0.717) is 34.7 Å². The van der Waals surface area contributed by atoms with Gasteiger partial charge in [0.05, 0.1) is 0 Å². The fourth-order valence-electron chi connectivity index (χ4n) is 5.77. The highest BCUT2D eigenvalue weighted by Gasteiger charge is 2.55. The number of hydrogen-bond donors (Lipinski definition) is 1. The summed E-state index contributed by atoms with van der Waals surface area (Å²) in [4.78, 5) is 27.5. The van der Waals surface area contributed by atoms with Crippen molar-refractivity contribution in [1.82, 2.24) is 10.2 Å². The minimum atomic E-state index is -0.0479. The van der Waals surface area contributed by atoms with Gasteiger partial charge in [-0.25, -0.2) is 0 Å². The first kappa shape index (κ1) is 17.8. The molecule has 4 rings (SSSR count). The van der Waals surface area contributed by atoms with Gasteiger partial charge in [-0.1, -0.05) is 24.6 Å². The molecule has 1 N–H and O–H groups in total. The van der Waals surface area contributed by atoms with Crippen LogP contribution < -0.4 is 5.32 Å². The second-order valence-corrected chi connectivity index (χ2v) is 8.68. The van der Waals surface area contributed by atoms with Gasteiger partial charge in [0.2, 0.25) is 5.91 Å². The Morgan fingerprint density at radius 1 is 1.27 bits per heavy atom. The number of benzene rings is 1. The third-order valence-electron chi connectivity index (χ3n) is 6.99. The molecule has 1 spiro atoms. The summed E-state index contributed by atoms with van der Waals surface area (Å²) < 4.78 is 0. The standard InChI is InChI=1S/C21H27ClN2O2/c1-14-17-7-3-8-19(25)24-12-4-10-21(17,24)11-9-18(14)23-20(26)15-5-2-6-16(22)13-15/h2,5-6,13-14,17-18H,3-4,7-12H2,1H3,(H,23,26)/t14-,17+,18-,21-/m1/s1. The van der Waals surface area contributed by atoms with Gasteiger partial charge in [-0.3, -0.25) is 9.59 Å². The zero-order valence-corrected chi connectivity index (χ0v) is 16.1. The van der Waals surface area contributed by atoms with Gasteiger partial charge in [-0.15, -0.1) is 0 Å². The van der Waals surface area contributed by atoms with Crippen molar-refractivity contribution in [3.05, 3.63) is 34.9 Å². The van der Waals surface area contributed by atoms with Crippen LogP contribution in [0.25, 0.3) is 0 Å². The molecule has 2 amide bonds. The molecule has 0 unspecified atom stereocenters. The number of carbonyl (C=O) groups is 2. The van der Waals surface area contributed by atoms with Crippen LogP contribution in [0.4, 0.5) is 0 Å². The predicted octanol–water partition coefficient (Wildman–Crippen LogP) is 4.03. The number of rotatable bonds is 2. The summed E-state index contributed by atoms with van der Waals surface area (Å²) in [5.41, 5.74) is 0.660. The molecule has 2 saturated heterocycles. The fraction of sp³-hybridized carbons (Fsp3) is 0.619. The van der Waals surface area contributed by atoms with Crippen molar-refractivity contribution in [2.75, 3.05) is 6.54 Å². The smallest absolute Gasteiger partial charge is 0.251 e. The van der Waals surface area contributed by atoms with Gasteiger partial charge in [0.25, 0.3) is 5.91 Å². The Bertz CT molecular complexity index is 722. The predicted molar refractivity (Wildman–Crippen MR) is 102 cm³/mol. The van der Waals surface area contributed by atoms with Crippen LogP contribution >= 0.6 is 11.6 Å². The lowest BCUT2D eigenvalue weighted by Gasteiger charge is -2.52. The third-order valence-corrected chi connectivity index (χ3v) is 7.22. The SMILES string of the molecule is C[C@H]1[C@H](NC(=O)c2cccc(Cl)c2)CC[C@@]23CCCN2C(=O)CCC[C@@H]13. The minimum absolute atomic E-state index is 0.0459. The lowest BCUT2D eigenvalue weighted by molar-refractivity contribution is -0.138. The molecule has 5 heteroatoms. The van der Waals surface area contributed by atoms with Gasteiger partial charge < -0.3 is 10.2 Å². The van der Waals surface area contributed by atoms with Gasteiger partial charge in [0.15, 0.2) is 0 Å². The zero-order valence-electron chi connectivity index (χ0n) is 15.3. The number of nitrogens with one attached hydrogen (secondary N) is 1. The maximum absolute atomic E-state index is 12.7. The topological polar surface area (TPSA) is 49.4 Å². The van der Waals surface area contributed by atoms with Gasteiger partial charge in [0, 0.05) is 35.1 Å². The summed E-state index contributed by atoms with van der Waals surface area (Å²) in [6.45, 7) is 3.18. The van der Waals surface area contributed by atoms with Crippen LogP contribution in [-0.4, -0.2) is 34.8 Å². The van der Waals surface area contributed by atoms with Crippen LogP contribution in [0.5, 0.6) is 0 Å². The molecule has 3 aliphatic rings. The first-order chi connectivity index (χ1) is 12.5. The summed E-state index contributed by atoms with van der Waals surface area (Å²) in [5, 5.41) is 3.83. The summed E-state index contributed by atoms with van der Waals surface area (Å²) in [7, 11) is 0. The van der Waals surface area contributed by atoms with Crippen LogP contribution in [0.1, 0.15) is 62.2 Å². The van der Waals surface area contributed by atoms with E-state index in [9.17, 15) is 9.59 Å². The maximum Gasteiger partial charge on any atom is 0.251 e. The highest BCUT2D eigenvalue weighted by Crippen LogP contribution is 2.51. The quantitative estimate of drug-likeness (QED) is 0.849. The van der Waals surface area contributed by atoms with E-state index >= 15 is 0 Å². The Kier molecular flexibility index (Phi) is 4.72. The van der Waals surface area contributed by atoms with Crippen molar-refractivity contribution in [3.63, 3.8) is 0 Å². The van der Waals surface area contributed by atoms with Gasteiger partial charge in [-0.05, 0) is 68.6 Å². The minimum Gasteiger partial charge on any atom is -0.349 e. The molecular weight excluding hydrogens is 348 g/mol. The van der Waals surface area contributed by atoms with E-state index in [-0.39, 0.29) is 17.5 Å². The molecule has 0 aromatic heterocycles. The second-order valence-electron chi connectivity index (χ2n) is 8.24.